The van der Waals surface area contributed by atoms with Gasteiger partial charge in [-0.2, -0.15) is 5.26 Å². The van der Waals surface area contributed by atoms with Gasteiger partial charge in [0.1, 0.15) is 0 Å². The normalized spacial score (nSPS) is 38.2. The summed E-state index contributed by atoms with van der Waals surface area (Å²) in [7, 11) is 0. The topological polar surface area (TPSA) is 51.5 Å². The van der Waals surface area contributed by atoms with Crippen molar-refractivity contribution in [3.05, 3.63) is 0 Å². The fourth-order valence-electron chi connectivity index (χ4n) is 2.78. The Hall–Kier alpha value is -0.630. The van der Waals surface area contributed by atoms with Crippen molar-refractivity contribution in [2.24, 2.45) is 10.8 Å². The van der Waals surface area contributed by atoms with Crippen LogP contribution in [0.2, 0.25) is 0 Å². The van der Waals surface area contributed by atoms with Gasteiger partial charge in [0.05, 0.1) is 24.7 Å². The minimum absolute atomic E-state index is 0.197. The maximum absolute atomic E-state index is 9.36. The first-order chi connectivity index (χ1) is 8.85. The lowest BCUT2D eigenvalue weighted by Gasteiger charge is -2.54. The summed E-state index contributed by atoms with van der Waals surface area (Å²) in [5, 5.41) is 9.36. The van der Waals surface area contributed by atoms with E-state index >= 15 is 0 Å². The van der Waals surface area contributed by atoms with Gasteiger partial charge in [-0.1, -0.05) is 34.1 Å². The minimum Gasteiger partial charge on any atom is -0.327 e. The highest BCUT2D eigenvalue weighted by Crippen LogP contribution is 2.47. The summed E-state index contributed by atoms with van der Waals surface area (Å²) in [5.41, 5.74) is -0.0741. The van der Waals surface area contributed by atoms with E-state index in [4.69, 9.17) is 14.2 Å². The molecule has 3 rings (SSSR count). The van der Waals surface area contributed by atoms with Crippen LogP contribution in [0.25, 0.3) is 0 Å². The molecule has 0 aliphatic carbocycles. The van der Waals surface area contributed by atoms with E-state index in [0.717, 1.165) is 19.3 Å². The lowest BCUT2D eigenvalue weighted by Crippen LogP contribution is -2.64. The van der Waals surface area contributed by atoms with Crippen molar-refractivity contribution >= 4 is 0 Å². The number of hydrogen-bond donors (Lipinski definition) is 0. The fraction of sp³-hybridized carbons (Fsp3) is 0.933. The van der Waals surface area contributed by atoms with Crippen molar-refractivity contribution in [3.63, 3.8) is 0 Å². The van der Waals surface area contributed by atoms with Gasteiger partial charge in [0.15, 0.2) is 6.10 Å². The zero-order chi connectivity index (χ0) is 14.1. The summed E-state index contributed by atoms with van der Waals surface area (Å²) in [6.45, 7) is 9.79. The summed E-state index contributed by atoms with van der Waals surface area (Å²) in [5.74, 6) is -0.983. The van der Waals surface area contributed by atoms with Crippen molar-refractivity contribution < 1.29 is 14.2 Å². The zero-order valence-corrected chi connectivity index (χ0v) is 12.5. The molecular formula is C15H25NO3. The highest BCUT2D eigenvalue weighted by atomic mass is 16.9. The fourth-order valence-corrected chi connectivity index (χ4v) is 2.78. The van der Waals surface area contributed by atoms with Crippen LogP contribution >= 0.6 is 0 Å². The second-order valence-electron chi connectivity index (χ2n) is 7.06. The van der Waals surface area contributed by atoms with Crippen LogP contribution in [0, 0.1) is 22.2 Å². The van der Waals surface area contributed by atoms with E-state index in [0.29, 0.717) is 19.6 Å². The van der Waals surface area contributed by atoms with E-state index in [1.807, 2.05) is 0 Å². The SMILES string of the molecule is CCCC12COC(CCC(C)(C)C)(OC1)OC2C#N. The Morgan fingerprint density at radius 2 is 1.84 bits per heavy atom. The molecule has 1 atom stereocenters. The molecule has 3 aliphatic rings. The average molecular weight is 267 g/mol. The molecule has 0 aromatic heterocycles. The second-order valence-corrected chi connectivity index (χ2v) is 7.06. The molecule has 0 aromatic carbocycles. The number of nitriles is 1. The van der Waals surface area contributed by atoms with E-state index in [1.165, 1.54) is 0 Å². The zero-order valence-electron chi connectivity index (χ0n) is 12.5. The standard InChI is InChI=1S/C15H25NO3/c1-5-6-14-10-17-15(18-11-14,19-12(14)9-16)8-7-13(2,3)4/h12H,5-8,10-11H2,1-4H3. The molecule has 3 saturated heterocycles. The molecular weight excluding hydrogens is 242 g/mol. The molecule has 19 heavy (non-hydrogen) atoms. The molecule has 3 heterocycles. The summed E-state index contributed by atoms with van der Waals surface area (Å²) in [4.78, 5) is 0. The first-order valence-electron chi connectivity index (χ1n) is 7.20. The van der Waals surface area contributed by atoms with Crippen LogP contribution in [0.3, 0.4) is 0 Å². The molecule has 0 N–H and O–H groups in total. The third-order valence-electron chi connectivity index (χ3n) is 4.06. The monoisotopic (exact) mass is 267 g/mol. The maximum atomic E-state index is 9.36. The molecule has 1 unspecified atom stereocenters. The number of ether oxygens (including phenoxy) is 3. The summed E-state index contributed by atoms with van der Waals surface area (Å²) in [6.07, 6.45) is 3.11. The Morgan fingerprint density at radius 3 is 2.32 bits per heavy atom. The van der Waals surface area contributed by atoms with Crippen molar-refractivity contribution in [1.29, 1.82) is 5.26 Å². The van der Waals surface area contributed by atoms with Crippen LogP contribution in [0.4, 0.5) is 0 Å². The molecule has 108 valence electrons. The van der Waals surface area contributed by atoms with Crippen LogP contribution < -0.4 is 0 Å². The maximum Gasteiger partial charge on any atom is 0.284 e. The lowest BCUT2D eigenvalue weighted by molar-refractivity contribution is -0.484. The number of rotatable bonds is 4. The third kappa shape index (κ3) is 2.94. The van der Waals surface area contributed by atoms with Gasteiger partial charge in [0.25, 0.3) is 5.97 Å². The molecule has 3 fully saturated rings. The molecule has 0 spiro atoms. The Morgan fingerprint density at radius 1 is 1.21 bits per heavy atom. The van der Waals surface area contributed by atoms with Gasteiger partial charge in [-0.3, -0.25) is 0 Å². The Kier molecular flexibility index (Phi) is 3.92. The Labute approximate surface area is 116 Å². The van der Waals surface area contributed by atoms with Crippen molar-refractivity contribution in [2.75, 3.05) is 13.2 Å². The van der Waals surface area contributed by atoms with Gasteiger partial charge in [-0.15, -0.1) is 0 Å². The van der Waals surface area contributed by atoms with Gasteiger partial charge in [-0.05, 0) is 18.3 Å². The van der Waals surface area contributed by atoms with Crippen molar-refractivity contribution in [2.45, 2.75) is 65.5 Å². The predicted molar refractivity (Wildman–Crippen MR) is 71.2 cm³/mol. The smallest absolute Gasteiger partial charge is 0.284 e. The third-order valence-corrected chi connectivity index (χ3v) is 4.06. The van der Waals surface area contributed by atoms with Crippen molar-refractivity contribution in [1.82, 2.24) is 0 Å². The van der Waals surface area contributed by atoms with Gasteiger partial charge < -0.3 is 14.2 Å². The average Bonchev–Trinajstić information content (AvgIpc) is 2.37. The quantitative estimate of drug-likeness (QED) is 0.784. The number of nitrogens with zero attached hydrogens (tertiary/aromatic N) is 1. The summed E-state index contributed by atoms with van der Waals surface area (Å²) < 4.78 is 17.6. The van der Waals surface area contributed by atoms with Gasteiger partial charge >= 0.3 is 0 Å². The molecule has 4 heteroatoms. The van der Waals surface area contributed by atoms with Gasteiger partial charge in [0, 0.05) is 6.42 Å². The van der Waals surface area contributed by atoms with Crippen LogP contribution in [0.15, 0.2) is 0 Å². The molecule has 0 radical (unpaired) electrons. The first-order valence-corrected chi connectivity index (χ1v) is 7.20. The van der Waals surface area contributed by atoms with Crippen LogP contribution in [0.5, 0.6) is 0 Å². The van der Waals surface area contributed by atoms with E-state index in [9.17, 15) is 5.26 Å². The highest BCUT2D eigenvalue weighted by molar-refractivity contribution is 5.05. The lowest BCUT2D eigenvalue weighted by atomic mass is 9.77. The van der Waals surface area contributed by atoms with Gasteiger partial charge in [-0.25, -0.2) is 0 Å². The Bertz CT molecular complexity index is 359. The molecule has 4 nitrogen and oxygen atoms in total. The van der Waals surface area contributed by atoms with E-state index in [-0.39, 0.29) is 10.8 Å². The molecule has 0 amide bonds. The second kappa shape index (κ2) is 5.05. The van der Waals surface area contributed by atoms with Crippen LogP contribution in [0.1, 0.15) is 53.4 Å². The molecule has 0 saturated carbocycles. The van der Waals surface area contributed by atoms with E-state index < -0.39 is 12.1 Å². The minimum atomic E-state index is -0.983. The predicted octanol–water partition coefficient (Wildman–Crippen LogP) is 3.22. The summed E-state index contributed by atoms with van der Waals surface area (Å²) in [6, 6.07) is 2.30. The molecule has 3 aliphatic heterocycles. The van der Waals surface area contributed by atoms with Crippen LogP contribution in [-0.2, 0) is 14.2 Å². The van der Waals surface area contributed by atoms with Crippen LogP contribution in [-0.4, -0.2) is 25.3 Å². The molecule has 0 aromatic rings. The van der Waals surface area contributed by atoms with E-state index in [1.54, 1.807) is 0 Å². The van der Waals surface area contributed by atoms with Gasteiger partial charge in [0.2, 0.25) is 0 Å². The number of fused-ring (bicyclic) bond motifs is 3. The first kappa shape index (κ1) is 14.8. The van der Waals surface area contributed by atoms with Crippen molar-refractivity contribution in [3.8, 4) is 6.07 Å². The largest absolute Gasteiger partial charge is 0.327 e. The number of hydrogen-bond acceptors (Lipinski definition) is 4. The Balaban J connectivity index is 2.07. The van der Waals surface area contributed by atoms with E-state index in [2.05, 4.69) is 33.8 Å². The summed E-state index contributed by atoms with van der Waals surface area (Å²) >= 11 is 0. The highest BCUT2D eigenvalue weighted by Gasteiger charge is 2.58. The molecule has 2 bridgehead atoms.